The van der Waals surface area contributed by atoms with Crippen molar-refractivity contribution in [1.29, 1.82) is 0 Å². The molecule has 0 aliphatic rings. The van der Waals surface area contributed by atoms with Crippen LogP contribution in [-0.2, 0) is 28.1 Å². The number of ether oxygens (including phenoxy) is 2. The molecule has 13 heteroatoms. The lowest BCUT2D eigenvalue weighted by Crippen LogP contribution is -2.41. The van der Waals surface area contributed by atoms with Gasteiger partial charge in [0.2, 0.25) is 0 Å². The van der Waals surface area contributed by atoms with Crippen molar-refractivity contribution in [3.05, 3.63) is 0 Å². The quantitative estimate of drug-likeness (QED) is 0.250. The highest BCUT2D eigenvalue weighted by Crippen LogP contribution is 2.13. The predicted molar refractivity (Wildman–Crippen MR) is 112 cm³/mol. The third-order valence-corrected chi connectivity index (χ3v) is 4.20. The van der Waals surface area contributed by atoms with E-state index in [-0.39, 0.29) is 39.6 Å². The van der Waals surface area contributed by atoms with E-state index >= 15 is 0 Å². The van der Waals surface area contributed by atoms with Gasteiger partial charge < -0.3 is 29.6 Å². The molecule has 0 aliphatic heterocycles. The van der Waals surface area contributed by atoms with Gasteiger partial charge in [-0.1, -0.05) is 0 Å². The van der Waals surface area contributed by atoms with Gasteiger partial charge >= 0.3 is 11.9 Å². The summed E-state index contributed by atoms with van der Waals surface area (Å²) < 4.78 is 19.2. The molecular formula is C13H29B2N2O6P3. The van der Waals surface area contributed by atoms with Gasteiger partial charge in [-0.05, 0) is 13.3 Å². The Morgan fingerprint density at radius 2 is 1.50 bits per heavy atom. The molecule has 0 aromatic rings. The Bertz CT molecular complexity index is 388. The van der Waals surface area contributed by atoms with Crippen molar-refractivity contribution in [2.75, 3.05) is 33.8 Å². The highest BCUT2D eigenvalue weighted by Gasteiger charge is 2.20. The molecular weight excluding hydrogens is 395 g/mol. The third kappa shape index (κ3) is 15.3. The second-order valence-corrected chi connectivity index (χ2v) is 6.51. The van der Waals surface area contributed by atoms with Crippen molar-refractivity contribution in [3.63, 3.8) is 0 Å². The Balaban J connectivity index is 0. The molecule has 0 aromatic heterocycles. The molecule has 0 spiro atoms. The van der Waals surface area contributed by atoms with Crippen LogP contribution in [-0.4, -0.2) is 85.6 Å². The number of carbonyl (C=O) groups excluding carboxylic acids is 2. The van der Waals surface area contributed by atoms with Crippen LogP contribution in [0.3, 0.4) is 0 Å². The smallest absolute Gasteiger partial charge is 0.307 e. The summed E-state index contributed by atoms with van der Waals surface area (Å²) in [5.41, 5.74) is 5.53. The molecule has 8 nitrogen and oxygen atoms in total. The molecule has 26 heavy (non-hydrogen) atoms. The molecule has 4 radical (unpaired) electrons. The minimum absolute atomic E-state index is 0.0855. The van der Waals surface area contributed by atoms with E-state index in [1.807, 2.05) is 13.3 Å². The minimum atomic E-state index is -0.590. The van der Waals surface area contributed by atoms with Gasteiger partial charge in [0.25, 0.3) is 0 Å². The lowest BCUT2D eigenvalue weighted by molar-refractivity contribution is -0.142. The first kappa shape index (κ1) is 28.4. The Morgan fingerprint density at radius 1 is 1.04 bits per heavy atom. The summed E-state index contributed by atoms with van der Waals surface area (Å²) >= 11 is 0. The summed E-state index contributed by atoms with van der Waals surface area (Å²) in [6, 6.07) is -1.76. The highest BCUT2D eigenvalue weighted by atomic mass is 31.1. The second-order valence-electron chi connectivity index (χ2n) is 4.81. The average Bonchev–Trinajstić information content (AvgIpc) is 2.61. The average molecular weight is 424 g/mol. The number of esters is 2. The van der Waals surface area contributed by atoms with E-state index in [0.717, 1.165) is 0 Å². The first-order chi connectivity index (χ1) is 12.3. The molecule has 3 N–H and O–H groups in total. The van der Waals surface area contributed by atoms with Gasteiger partial charge in [0, 0.05) is 48.0 Å². The number of nitrogens with two attached hydrogens (primary N) is 1. The summed E-state index contributed by atoms with van der Waals surface area (Å²) in [5.74, 6) is -0.666. The molecule has 148 valence electrons. The maximum absolute atomic E-state index is 11.0. The van der Waals surface area contributed by atoms with Crippen LogP contribution in [0.1, 0.15) is 12.8 Å². The molecule has 0 rings (SSSR count). The number of nitrogens with one attached hydrogen (secondary N) is 1. The standard InChI is InChI=1S/C7H16BNO3P2.C6H13BNO3P/c1-11-6(10)3-5(9-4-13)7(8)12-14-2;1-10-5(9)3-4(8)6(7)11-12-2/h5,7,9,14H,3-4,13H2,1-2H3;4,6,12H,3,8H2,1-2H3/t5-,7?;4-,6?/m00/s1. The largest absolute Gasteiger partial charge is 0.469 e. The van der Waals surface area contributed by atoms with Crippen molar-refractivity contribution < 1.29 is 28.1 Å². The molecule has 0 saturated carbocycles. The third-order valence-electron chi connectivity index (χ3n) is 2.95. The van der Waals surface area contributed by atoms with Gasteiger partial charge in [0.15, 0.2) is 0 Å². The molecule has 0 bridgehead atoms. The Kier molecular flexibility index (Phi) is 20.3. The maximum Gasteiger partial charge on any atom is 0.307 e. The van der Waals surface area contributed by atoms with Crippen molar-refractivity contribution >= 4 is 54.5 Å². The van der Waals surface area contributed by atoms with Gasteiger partial charge in [-0.2, -0.15) is 0 Å². The molecule has 5 unspecified atom stereocenters. The Labute approximate surface area is 164 Å². The topological polar surface area (TPSA) is 109 Å². The molecule has 0 amide bonds. The summed E-state index contributed by atoms with van der Waals surface area (Å²) in [4.78, 5) is 21.7. The second kappa shape index (κ2) is 18.6. The Hall–Kier alpha value is 0.200. The van der Waals surface area contributed by atoms with E-state index in [1.165, 1.54) is 14.2 Å². The zero-order valence-electron chi connectivity index (χ0n) is 15.7. The zero-order valence-corrected chi connectivity index (χ0v) is 18.8. The van der Waals surface area contributed by atoms with Crippen LogP contribution in [0.15, 0.2) is 0 Å². The van der Waals surface area contributed by atoms with Crippen LogP contribution in [0.25, 0.3) is 0 Å². The van der Waals surface area contributed by atoms with Gasteiger partial charge in [0.05, 0.1) is 27.1 Å². The lowest BCUT2D eigenvalue weighted by atomic mass is 9.91. The number of rotatable bonds is 12. The van der Waals surface area contributed by atoms with Gasteiger partial charge in [-0.25, -0.2) is 0 Å². The fourth-order valence-corrected chi connectivity index (χ4v) is 2.74. The van der Waals surface area contributed by atoms with Crippen LogP contribution < -0.4 is 11.1 Å². The molecule has 0 aliphatic carbocycles. The zero-order chi connectivity index (χ0) is 20.5. The fraction of sp³-hybridized carbons (Fsp3) is 0.846. The van der Waals surface area contributed by atoms with Crippen molar-refractivity contribution in [2.45, 2.75) is 36.9 Å². The van der Waals surface area contributed by atoms with Crippen molar-refractivity contribution in [3.8, 4) is 0 Å². The van der Waals surface area contributed by atoms with Crippen molar-refractivity contribution in [1.82, 2.24) is 5.32 Å². The minimum Gasteiger partial charge on any atom is -0.469 e. The van der Waals surface area contributed by atoms with E-state index in [2.05, 4.69) is 24.0 Å². The van der Waals surface area contributed by atoms with Gasteiger partial charge in [0.1, 0.15) is 15.7 Å². The van der Waals surface area contributed by atoms with Crippen LogP contribution in [0.4, 0.5) is 0 Å². The highest BCUT2D eigenvalue weighted by molar-refractivity contribution is 7.31. The lowest BCUT2D eigenvalue weighted by Gasteiger charge is -2.23. The maximum atomic E-state index is 11.0. The van der Waals surface area contributed by atoms with E-state index in [4.69, 9.17) is 30.5 Å². The number of hydrogen-bond donors (Lipinski definition) is 2. The summed E-state index contributed by atoms with van der Waals surface area (Å²) in [6.45, 7) is 3.72. The molecule has 7 atom stereocenters. The summed E-state index contributed by atoms with van der Waals surface area (Å²) in [6.07, 6.45) is 0.963. The van der Waals surface area contributed by atoms with Crippen LogP contribution in [0, 0.1) is 0 Å². The Morgan fingerprint density at radius 3 is 1.92 bits per heavy atom. The van der Waals surface area contributed by atoms with E-state index in [9.17, 15) is 9.59 Å². The number of methoxy groups -OCH3 is 2. The summed E-state index contributed by atoms with van der Waals surface area (Å²) in [7, 11) is 17.0. The first-order valence-corrected chi connectivity index (χ1v) is 11.4. The molecule has 0 fully saturated rings. The van der Waals surface area contributed by atoms with Gasteiger partial charge in [-0.15, -0.1) is 9.24 Å². The van der Waals surface area contributed by atoms with Crippen molar-refractivity contribution in [2.24, 2.45) is 5.73 Å². The summed E-state index contributed by atoms with van der Waals surface area (Å²) in [5, 5.41) is 3.05. The molecule has 0 heterocycles. The van der Waals surface area contributed by atoms with E-state index in [0.29, 0.717) is 15.1 Å². The SMILES string of the molecule is [B]C(OPC)[C@@H](N)CC(=O)OC.[B]C(OPC)[C@H](CC(=O)OC)NCP. The monoisotopic (exact) mass is 424 g/mol. The first-order valence-electron chi connectivity index (χ1n) is 7.75. The number of carbonyl (C=O) groups is 2. The number of hydrogen-bond acceptors (Lipinski definition) is 8. The van der Waals surface area contributed by atoms with Crippen LogP contribution in [0.5, 0.6) is 0 Å². The molecule has 0 aromatic carbocycles. The van der Waals surface area contributed by atoms with Crippen LogP contribution in [0.2, 0.25) is 0 Å². The van der Waals surface area contributed by atoms with E-state index in [1.54, 1.807) is 0 Å². The van der Waals surface area contributed by atoms with Gasteiger partial charge in [-0.3, -0.25) is 9.59 Å². The molecule has 0 saturated heterocycles. The van der Waals surface area contributed by atoms with Crippen LogP contribution >= 0.6 is 26.9 Å². The predicted octanol–water partition coefficient (Wildman–Crippen LogP) is -0.314. The fourth-order valence-electron chi connectivity index (χ4n) is 1.55. The normalized spacial score (nSPS) is 15.9. The van der Waals surface area contributed by atoms with E-state index < -0.39 is 18.0 Å².